The van der Waals surface area contributed by atoms with Crippen molar-refractivity contribution in [3.63, 3.8) is 0 Å². The maximum absolute atomic E-state index is 5.74. The Hall–Kier alpha value is -2.58. The second-order valence-electron chi connectivity index (χ2n) is 7.87. The number of benzene rings is 1. The lowest BCUT2D eigenvalue weighted by Crippen LogP contribution is -2.52. The third-order valence-corrected chi connectivity index (χ3v) is 5.99. The molecule has 0 spiro atoms. The predicted octanol–water partition coefficient (Wildman–Crippen LogP) is 2.03. The molecule has 0 bridgehead atoms. The van der Waals surface area contributed by atoms with Gasteiger partial charge in [-0.25, -0.2) is 4.98 Å². The van der Waals surface area contributed by atoms with Gasteiger partial charge in [-0.05, 0) is 38.1 Å². The first kappa shape index (κ1) is 19.7. The molecular weight excluding hydrogens is 366 g/mol. The summed E-state index contributed by atoms with van der Waals surface area (Å²) in [5.74, 6) is 1.67. The van der Waals surface area contributed by atoms with Gasteiger partial charge in [-0.15, -0.1) is 0 Å². The lowest BCUT2D eigenvalue weighted by atomic mass is 10.0. The van der Waals surface area contributed by atoms with Crippen LogP contribution in [0, 0.1) is 0 Å². The van der Waals surface area contributed by atoms with Gasteiger partial charge in [-0.3, -0.25) is 4.90 Å². The molecule has 0 saturated carbocycles. The monoisotopic (exact) mass is 397 g/mol. The molecule has 1 aromatic carbocycles. The van der Waals surface area contributed by atoms with E-state index in [4.69, 9.17) is 10.5 Å². The predicted molar refractivity (Wildman–Crippen MR) is 117 cm³/mol. The Balaban J connectivity index is 1.39. The van der Waals surface area contributed by atoms with Gasteiger partial charge in [0.25, 0.3) is 0 Å². The normalized spacial score (nSPS) is 19.3. The Morgan fingerprint density at radius 3 is 2.52 bits per heavy atom. The van der Waals surface area contributed by atoms with Gasteiger partial charge < -0.3 is 25.6 Å². The molecule has 2 fully saturated rings. The van der Waals surface area contributed by atoms with Crippen molar-refractivity contribution < 1.29 is 4.74 Å². The molecule has 1 aromatic heterocycles. The smallest absolute Gasteiger partial charge is 0.229 e. The van der Waals surface area contributed by atoms with Crippen LogP contribution >= 0.6 is 0 Å². The van der Waals surface area contributed by atoms with Crippen LogP contribution in [0.3, 0.4) is 0 Å². The number of piperazine rings is 1. The second kappa shape index (κ2) is 8.84. The van der Waals surface area contributed by atoms with Crippen LogP contribution in [-0.2, 0) is 0 Å². The maximum Gasteiger partial charge on any atom is 0.229 e. The number of nitrogens with two attached hydrogens (primary N) is 1. The van der Waals surface area contributed by atoms with E-state index in [1.807, 2.05) is 6.07 Å². The first-order valence-electron chi connectivity index (χ1n) is 10.3. The van der Waals surface area contributed by atoms with Crippen molar-refractivity contribution in [3.8, 4) is 5.75 Å². The fraction of sp³-hybridized carbons (Fsp3) is 0.524. The van der Waals surface area contributed by atoms with E-state index in [1.165, 1.54) is 44.7 Å². The maximum atomic E-state index is 5.74. The number of likely N-dealkylation sites (N-methyl/N-ethyl adjacent to an activating group) is 1. The van der Waals surface area contributed by atoms with E-state index in [0.717, 1.165) is 24.5 Å². The van der Waals surface area contributed by atoms with Crippen LogP contribution in [0.5, 0.6) is 5.75 Å². The zero-order chi connectivity index (χ0) is 20.2. The Morgan fingerprint density at radius 2 is 1.83 bits per heavy atom. The van der Waals surface area contributed by atoms with E-state index < -0.39 is 0 Å². The number of anilines is 4. The summed E-state index contributed by atoms with van der Waals surface area (Å²) in [6, 6.07) is 8.62. The van der Waals surface area contributed by atoms with E-state index in [9.17, 15) is 0 Å². The number of nitrogens with zero attached hydrogens (tertiary/aromatic N) is 5. The van der Waals surface area contributed by atoms with E-state index in [2.05, 4.69) is 49.2 Å². The Kier molecular flexibility index (Phi) is 6.01. The van der Waals surface area contributed by atoms with Crippen LogP contribution in [0.4, 0.5) is 23.1 Å². The summed E-state index contributed by atoms with van der Waals surface area (Å²) >= 11 is 0. The van der Waals surface area contributed by atoms with Crippen molar-refractivity contribution in [3.05, 3.63) is 30.5 Å². The van der Waals surface area contributed by atoms with Crippen molar-refractivity contribution >= 4 is 23.1 Å². The lowest BCUT2D eigenvalue weighted by molar-refractivity contribution is 0.0982. The van der Waals surface area contributed by atoms with E-state index in [0.29, 0.717) is 17.8 Å². The summed E-state index contributed by atoms with van der Waals surface area (Å²) in [4.78, 5) is 15.9. The van der Waals surface area contributed by atoms with Crippen molar-refractivity contribution in [2.45, 2.75) is 18.9 Å². The van der Waals surface area contributed by atoms with Gasteiger partial charge in [0.1, 0.15) is 11.6 Å². The highest BCUT2D eigenvalue weighted by Gasteiger charge is 2.27. The van der Waals surface area contributed by atoms with Crippen LogP contribution in [0.15, 0.2) is 30.5 Å². The molecule has 2 aliphatic rings. The molecule has 156 valence electrons. The highest BCUT2D eigenvalue weighted by molar-refractivity contribution is 5.68. The van der Waals surface area contributed by atoms with Crippen molar-refractivity contribution in [2.24, 2.45) is 0 Å². The Labute approximate surface area is 172 Å². The number of methoxy groups -OCH3 is 1. The number of ether oxygens (including phenoxy) is 1. The fourth-order valence-electron chi connectivity index (χ4n) is 4.21. The standard InChI is InChI=1S/C21H31N7O/c1-26-11-13-28(14-12-26)16-6-9-27(10-7-16)17-3-4-18(19(15-17)29-2)24-21-23-8-5-20(22)25-21/h3-5,8,15-16H,6-7,9-14H2,1-2H3,(H3,22,23,24,25). The molecule has 3 N–H and O–H groups in total. The summed E-state index contributed by atoms with van der Waals surface area (Å²) in [7, 11) is 3.90. The fourth-order valence-corrected chi connectivity index (χ4v) is 4.21. The number of piperidine rings is 1. The molecule has 2 aromatic rings. The highest BCUT2D eigenvalue weighted by atomic mass is 16.5. The summed E-state index contributed by atoms with van der Waals surface area (Å²) < 4.78 is 5.62. The van der Waals surface area contributed by atoms with Crippen LogP contribution in [0.25, 0.3) is 0 Å². The summed E-state index contributed by atoms with van der Waals surface area (Å²) in [6.45, 7) is 6.91. The van der Waals surface area contributed by atoms with Gasteiger partial charge in [0.2, 0.25) is 5.95 Å². The van der Waals surface area contributed by atoms with Gasteiger partial charge in [-0.1, -0.05) is 0 Å². The second-order valence-corrected chi connectivity index (χ2v) is 7.87. The molecule has 0 amide bonds. The summed E-state index contributed by atoms with van der Waals surface area (Å²) in [5, 5.41) is 3.19. The van der Waals surface area contributed by atoms with Gasteiger partial charge >= 0.3 is 0 Å². The van der Waals surface area contributed by atoms with Crippen molar-refractivity contribution in [2.75, 3.05) is 69.4 Å². The SMILES string of the molecule is COc1cc(N2CCC(N3CCN(C)CC3)CC2)ccc1Nc1nccc(N)n1. The molecule has 0 atom stereocenters. The first-order chi connectivity index (χ1) is 14.1. The molecule has 3 heterocycles. The summed E-state index contributed by atoms with van der Waals surface area (Å²) in [6.07, 6.45) is 4.06. The van der Waals surface area contributed by atoms with E-state index in [-0.39, 0.29) is 0 Å². The average Bonchev–Trinajstić information content (AvgIpc) is 2.75. The van der Waals surface area contributed by atoms with E-state index in [1.54, 1.807) is 19.4 Å². The number of nitrogens with one attached hydrogen (secondary N) is 1. The van der Waals surface area contributed by atoms with E-state index >= 15 is 0 Å². The first-order valence-corrected chi connectivity index (χ1v) is 10.3. The molecule has 8 heteroatoms. The molecule has 2 saturated heterocycles. The minimum atomic E-state index is 0.432. The van der Waals surface area contributed by atoms with Crippen LogP contribution in [-0.4, -0.2) is 79.2 Å². The quantitative estimate of drug-likeness (QED) is 0.793. The van der Waals surface area contributed by atoms with Crippen LogP contribution in [0.2, 0.25) is 0 Å². The third-order valence-electron chi connectivity index (χ3n) is 5.99. The number of nitrogen functional groups attached to an aromatic ring is 1. The van der Waals surface area contributed by atoms with Gasteiger partial charge in [-0.2, -0.15) is 4.98 Å². The molecule has 0 unspecified atom stereocenters. The number of hydrogen-bond donors (Lipinski definition) is 2. The van der Waals surface area contributed by atoms with Crippen molar-refractivity contribution in [1.82, 2.24) is 19.8 Å². The Bertz CT molecular complexity index is 814. The van der Waals surface area contributed by atoms with Crippen molar-refractivity contribution in [1.29, 1.82) is 0 Å². The molecule has 0 radical (unpaired) electrons. The zero-order valence-corrected chi connectivity index (χ0v) is 17.3. The number of aromatic nitrogens is 2. The molecule has 0 aliphatic carbocycles. The highest BCUT2D eigenvalue weighted by Crippen LogP contribution is 2.33. The lowest BCUT2D eigenvalue weighted by Gasteiger charge is -2.42. The topological polar surface area (TPSA) is 82.8 Å². The van der Waals surface area contributed by atoms with Gasteiger partial charge in [0.05, 0.1) is 12.8 Å². The van der Waals surface area contributed by atoms with Gasteiger partial charge in [0, 0.05) is 63.3 Å². The molecule has 29 heavy (non-hydrogen) atoms. The minimum absolute atomic E-state index is 0.432. The molecular formula is C21H31N7O. The molecule has 4 rings (SSSR count). The van der Waals surface area contributed by atoms with Crippen LogP contribution in [0.1, 0.15) is 12.8 Å². The largest absolute Gasteiger partial charge is 0.494 e. The Morgan fingerprint density at radius 1 is 1.07 bits per heavy atom. The molecule has 2 aliphatic heterocycles. The summed E-state index contributed by atoms with van der Waals surface area (Å²) in [5.41, 5.74) is 7.76. The number of hydrogen-bond acceptors (Lipinski definition) is 8. The van der Waals surface area contributed by atoms with Crippen LogP contribution < -0.4 is 20.7 Å². The van der Waals surface area contributed by atoms with Gasteiger partial charge in [0.15, 0.2) is 0 Å². The minimum Gasteiger partial charge on any atom is -0.494 e. The average molecular weight is 398 g/mol. The third kappa shape index (κ3) is 4.71. The number of rotatable bonds is 5. The zero-order valence-electron chi connectivity index (χ0n) is 17.3. The molecule has 8 nitrogen and oxygen atoms in total.